The van der Waals surface area contributed by atoms with Crippen LogP contribution in [0.1, 0.15) is 42.5 Å². The number of thioether (sulfide) groups is 1. The van der Waals surface area contributed by atoms with Crippen LogP contribution in [0.5, 0.6) is 0 Å². The summed E-state index contributed by atoms with van der Waals surface area (Å²) in [5, 5.41) is 11.5. The number of unbranched alkanes of at least 4 members (excludes halogenated alkanes) is 1. The number of carboxylic acids is 1. The van der Waals surface area contributed by atoms with E-state index in [9.17, 15) is 9.59 Å². The third-order valence-electron chi connectivity index (χ3n) is 2.62. The molecule has 0 bridgehead atoms. The monoisotopic (exact) mass is 285 g/mol. The number of carbonyl (C=O) groups is 2. The van der Waals surface area contributed by atoms with Gasteiger partial charge in [-0.2, -0.15) is 11.8 Å². The Labute approximate surface area is 116 Å². The van der Waals surface area contributed by atoms with Crippen LogP contribution in [0.25, 0.3) is 0 Å². The lowest BCUT2D eigenvalue weighted by molar-refractivity contribution is -0.139. The van der Waals surface area contributed by atoms with E-state index in [1.54, 1.807) is 23.9 Å². The number of rotatable bonds is 8. The van der Waals surface area contributed by atoms with Crippen molar-refractivity contribution in [2.24, 2.45) is 0 Å². The van der Waals surface area contributed by atoms with Crippen molar-refractivity contribution in [3.8, 4) is 0 Å². The summed E-state index contributed by atoms with van der Waals surface area (Å²) in [5.74, 6) is 0.0595. The Morgan fingerprint density at radius 3 is 2.79 bits per heavy atom. The van der Waals surface area contributed by atoms with Crippen molar-refractivity contribution >= 4 is 23.6 Å². The lowest BCUT2D eigenvalue weighted by Gasteiger charge is -2.12. The van der Waals surface area contributed by atoms with Crippen LogP contribution < -0.4 is 5.32 Å². The molecule has 0 fully saturated rings. The van der Waals surface area contributed by atoms with Crippen LogP contribution in [0.2, 0.25) is 0 Å². The molecule has 1 unspecified atom stereocenters. The molecule has 1 amide bonds. The molecule has 0 aliphatic carbocycles. The van der Waals surface area contributed by atoms with Crippen molar-refractivity contribution in [1.82, 2.24) is 5.32 Å². The fourth-order valence-corrected chi connectivity index (χ4v) is 2.05. The topological polar surface area (TPSA) is 79.5 Å². The largest absolute Gasteiger partial charge is 0.480 e. The predicted molar refractivity (Wildman–Crippen MR) is 74.3 cm³/mol. The van der Waals surface area contributed by atoms with Gasteiger partial charge in [0.05, 0.1) is 5.75 Å². The van der Waals surface area contributed by atoms with Crippen LogP contribution in [0.15, 0.2) is 16.5 Å². The number of carbonyl (C=O) groups excluding carboxylic acids is 1. The molecular weight excluding hydrogens is 266 g/mol. The molecule has 0 aliphatic rings. The molecule has 0 aliphatic heterocycles. The highest BCUT2D eigenvalue weighted by molar-refractivity contribution is 7.97. The minimum absolute atomic E-state index is 0.159. The maximum absolute atomic E-state index is 11.9. The predicted octanol–water partition coefficient (Wildman–Crippen LogP) is 2.52. The smallest absolute Gasteiger partial charge is 0.326 e. The maximum Gasteiger partial charge on any atom is 0.326 e. The van der Waals surface area contributed by atoms with Crippen LogP contribution in [0, 0.1) is 0 Å². The fraction of sp³-hybridized carbons (Fsp3) is 0.538. The third kappa shape index (κ3) is 4.98. The van der Waals surface area contributed by atoms with Gasteiger partial charge in [-0.05, 0) is 24.8 Å². The molecule has 0 aromatic carbocycles. The third-order valence-corrected chi connectivity index (χ3v) is 3.20. The summed E-state index contributed by atoms with van der Waals surface area (Å²) in [4.78, 5) is 22.9. The zero-order chi connectivity index (χ0) is 14.3. The van der Waals surface area contributed by atoms with Gasteiger partial charge < -0.3 is 14.8 Å². The van der Waals surface area contributed by atoms with Crippen molar-refractivity contribution in [2.75, 3.05) is 6.26 Å². The Morgan fingerprint density at radius 2 is 2.21 bits per heavy atom. The molecule has 0 radical (unpaired) electrons. The minimum atomic E-state index is -1.02. The molecule has 1 atom stereocenters. The van der Waals surface area contributed by atoms with Crippen LogP contribution in [-0.4, -0.2) is 29.3 Å². The molecule has 106 valence electrons. The van der Waals surface area contributed by atoms with Gasteiger partial charge in [0.15, 0.2) is 5.76 Å². The van der Waals surface area contributed by atoms with E-state index >= 15 is 0 Å². The SMILES string of the molecule is CCCCC(NC(=O)c1ccc(CSC)o1)C(=O)O. The van der Waals surface area contributed by atoms with Crippen LogP contribution in [0.3, 0.4) is 0 Å². The van der Waals surface area contributed by atoms with Gasteiger partial charge in [0.25, 0.3) is 5.91 Å². The summed E-state index contributed by atoms with van der Waals surface area (Å²) in [6.07, 6.45) is 4.01. The summed E-state index contributed by atoms with van der Waals surface area (Å²) < 4.78 is 5.35. The average molecular weight is 285 g/mol. The molecule has 1 aromatic rings. The molecule has 6 heteroatoms. The highest BCUT2D eigenvalue weighted by Gasteiger charge is 2.21. The Balaban J connectivity index is 2.62. The molecule has 0 spiro atoms. The first kappa shape index (κ1) is 15.6. The second-order valence-corrected chi connectivity index (χ2v) is 5.07. The molecule has 1 heterocycles. The normalized spacial score (nSPS) is 12.1. The van der Waals surface area contributed by atoms with Crippen molar-refractivity contribution in [3.63, 3.8) is 0 Å². The zero-order valence-corrected chi connectivity index (χ0v) is 12.0. The highest BCUT2D eigenvalue weighted by Crippen LogP contribution is 2.13. The average Bonchev–Trinajstić information content (AvgIpc) is 2.83. The molecular formula is C13H19NO4S. The quantitative estimate of drug-likeness (QED) is 0.767. The van der Waals surface area contributed by atoms with Gasteiger partial charge in [0.1, 0.15) is 11.8 Å². The fourth-order valence-electron chi connectivity index (χ4n) is 1.61. The first-order chi connectivity index (χ1) is 9.08. The second-order valence-electron chi connectivity index (χ2n) is 4.21. The van der Waals surface area contributed by atoms with Crippen LogP contribution >= 0.6 is 11.8 Å². The van der Waals surface area contributed by atoms with E-state index in [1.807, 2.05) is 13.2 Å². The van der Waals surface area contributed by atoms with Gasteiger partial charge in [0.2, 0.25) is 0 Å². The number of amides is 1. The number of hydrogen-bond donors (Lipinski definition) is 2. The van der Waals surface area contributed by atoms with Crippen molar-refractivity contribution in [2.45, 2.75) is 38.0 Å². The molecule has 19 heavy (non-hydrogen) atoms. The maximum atomic E-state index is 11.9. The van der Waals surface area contributed by atoms with E-state index in [2.05, 4.69) is 5.32 Å². The number of aliphatic carboxylic acids is 1. The van der Waals surface area contributed by atoms with Gasteiger partial charge in [0, 0.05) is 0 Å². The minimum Gasteiger partial charge on any atom is -0.480 e. The number of nitrogens with one attached hydrogen (secondary N) is 1. The van der Waals surface area contributed by atoms with Gasteiger partial charge in [-0.15, -0.1) is 0 Å². The second kappa shape index (κ2) is 7.89. The van der Waals surface area contributed by atoms with E-state index in [1.165, 1.54) is 0 Å². The lowest BCUT2D eigenvalue weighted by Crippen LogP contribution is -2.40. The summed E-state index contributed by atoms with van der Waals surface area (Å²) in [7, 11) is 0. The van der Waals surface area contributed by atoms with Gasteiger partial charge >= 0.3 is 5.97 Å². The van der Waals surface area contributed by atoms with Crippen molar-refractivity contribution in [3.05, 3.63) is 23.7 Å². The first-order valence-electron chi connectivity index (χ1n) is 6.19. The number of carboxylic acid groups (broad SMARTS) is 1. The Hall–Kier alpha value is -1.43. The summed E-state index contributed by atoms with van der Waals surface area (Å²) in [6.45, 7) is 1.97. The molecule has 0 saturated heterocycles. The Morgan fingerprint density at radius 1 is 1.47 bits per heavy atom. The number of hydrogen-bond acceptors (Lipinski definition) is 4. The molecule has 2 N–H and O–H groups in total. The molecule has 0 saturated carbocycles. The summed E-state index contributed by atoms with van der Waals surface area (Å²) in [6, 6.07) is 2.44. The van der Waals surface area contributed by atoms with Crippen molar-refractivity contribution < 1.29 is 19.1 Å². The van der Waals surface area contributed by atoms with E-state index in [4.69, 9.17) is 9.52 Å². The van der Waals surface area contributed by atoms with Crippen LogP contribution in [0.4, 0.5) is 0 Å². The summed E-state index contributed by atoms with van der Waals surface area (Å²) in [5.41, 5.74) is 0. The van der Waals surface area contributed by atoms with Gasteiger partial charge in [-0.3, -0.25) is 4.79 Å². The summed E-state index contributed by atoms with van der Waals surface area (Å²) >= 11 is 1.59. The van der Waals surface area contributed by atoms with Crippen LogP contribution in [-0.2, 0) is 10.5 Å². The molecule has 1 aromatic heterocycles. The van der Waals surface area contributed by atoms with E-state index in [-0.39, 0.29) is 5.76 Å². The number of furan rings is 1. The van der Waals surface area contributed by atoms with E-state index in [0.29, 0.717) is 17.9 Å². The van der Waals surface area contributed by atoms with Gasteiger partial charge in [-0.1, -0.05) is 19.8 Å². The Bertz CT molecular complexity index is 430. The standard InChI is InChI=1S/C13H19NO4S/c1-3-4-5-10(13(16)17)14-12(15)11-7-6-9(18-11)8-19-2/h6-7,10H,3-5,8H2,1-2H3,(H,14,15)(H,16,17). The van der Waals surface area contributed by atoms with E-state index in [0.717, 1.165) is 12.8 Å². The molecule has 5 nitrogen and oxygen atoms in total. The van der Waals surface area contributed by atoms with E-state index < -0.39 is 17.9 Å². The van der Waals surface area contributed by atoms with Crippen molar-refractivity contribution in [1.29, 1.82) is 0 Å². The molecule has 1 rings (SSSR count). The van der Waals surface area contributed by atoms with Gasteiger partial charge in [-0.25, -0.2) is 4.79 Å². The highest BCUT2D eigenvalue weighted by atomic mass is 32.2. The zero-order valence-electron chi connectivity index (χ0n) is 11.1. The Kier molecular flexibility index (Phi) is 6.49. The lowest BCUT2D eigenvalue weighted by atomic mass is 10.1. The first-order valence-corrected chi connectivity index (χ1v) is 7.59.